The molecule has 1 aromatic heterocycles. The number of anilines is 1. The summed E-state index contributed by atoms with van der Waals surface area (Å²) in [7, 11) is -3.57. The van der Waals surface area contributed by atoms with Crippen molar-refractivity contribution in [2.75, 3.05) is 11.9 Å². The van der Waals surface area contributed by atoms with Gasteiger partial charge in [0.05, 0.1) is 20.1 Å². The van der Waals surface area contributed by atoms with E-state index in [0.29, 0.717) is 25.1 Å². The molecule has 0 atom stereocenters. The van der Waals surface area contributed by atoms with Gasteiger partial charge in [0.15, 0.2) is 0 Å². The van der Waals surface area contributed by atoms with Crippen LogP contribution < -0.4 is 10.0 Å². The normalized spacial score (nSPS) is 11.6. The number of para-hydroxylation sites is 1. The summed E-state index contributed by atoms with van der Waals surface area (Å²) in [6.45, 7) is 2.10. The number of amides is 1. The molecule has 0 aliphatic rings. The van der Waals surface area contributed by atoms with E-state index < -0.39 is 10.0 Å². The number of hydrogen-bond acceptors (Lipinski definition) is 5. The maximum Gasteiger partial charge on any atom is 0.240 e. The molecule has 1 heterocycles. The summed E-state index contributed by atoms with van der Waals surface area (Å²) in [6, 6.07) is 14.1. The van der Waals surface area contributed by atoms with Gasteiger partial charge in [0.1, 0.15) is 0 Å². The van der Waals surface area contributed by atoms with Crippen LogP contribution >= 0.6 is 11.3 Å². The molecule has 142 valence electrons. The van der Waals surface area contributed by atoms with Crippen LogP contribution in [0.25, 0.3) is 10.2 Å². The fraction of sp³-hybridized carbons (Fsp3) is 0.263. The second kappa shape index (κ2) is 8.60. The number of fused-ring (bicyclic) bond motifs is 1. The van der Waals surface area contributed by atoms with Crippen LogP contribution in [-0.4, -0.2) is 25.9 Å². The lowest BCUT2D eigenvalue weighted by atomic mass is 10.3. The first-order valence-electron chi connectivity index (χ1n) is 8.72. The number of sulfonamides is 1. The van der Waals surface area contributed by atoms with Crippen LogP contribution in [0.15, 0.2) is 53.4 Å². The standard InChI is InChI=1S/C19H21N3O3S2/c1-2-18(23)21-14-9-11-15(12-10-14)27(24,25)20-13-5-8-19-22-16-6-3-4-7-17(16)26-19/h3-4,6-7,9-12,20H,2,5,8,13H2,1H3,(H,21,23). The third kappa shape index (κ3) is 5.12. The van der Waals surface area contributed by atoms with Crippen molar-refractivity contribution in [3.63, 3.8) is 0 Å². The van der Waals surface area contributed by atoms with E-state index in [4.69, 9.17) is 0 Å². The summed E-state index contributed by atoms with van der Waals surface area (Å²) in [5.74, 6) is -0.112. The Labute approximate surface area is 162 Å². The number of benzene rings is 2. The van der Waals surface area contributed by atoms with Crippen LogP contribution in [0.3, 0.4) is 0 Å². The van der Waals surface area contributed by atoms with Crippen LogP contribution in [-0.2, 0) is 21.2 Å². The smallest absolute Gasteiger partial charge is 0.240 e. The molecule has 0 aliphatic carbocycles. The molecule has 0 unspecified atom stereocenters. The van der Waals surface area contributed by atoms with E-state index in [0.717, 1.165) is 21.6 Å². The molecule has 0 bridgehead atoms. The lowest BCUT2D eigenvalue weighted by molar-refractivity contribution is -0.115. The molecule has 0 spiro atoms. The van der Waals surface area contributed by atoms with Gasteiger partial charge in [-0.2, -0.15) is 0 Å². The van der Waals surface area contributed by atoms with Crippen molar-refractivity contribution in [3.05, 3.63) is 53.5 Å². The predicted molar refractivity (Wildman–Crippen MR) is 108 cm³/mol. The van der Waals surface area contributed by atoms with Crippen molar-refractivity contribution >= 4 is 43.2 Å². The monoisotopic (exact) mass is 403 g/mol. The van der Waals surface area contributed by atoms with E-state index >= 15 is 0 Å². The molecule has 8 heteroatoms. The van der Waals surface area contributed by atoms with Crippen LogP contribution in [0.2, 0.25) is 0 Å². The Morgan fingerprint density at radius 1 is 1.11 bits per heavy atom. The fourth-order valence-corrected chi connectivity index (χ4v) is 4.61. The first-order valence-corrected chi connectivity index (χ1v) is 11.0. The average molecular weight is 404 g/mol. The van der Waals surface area contributed by atoms with Gasteiger partial charge in [-0.3, -0.25) is 4.79 Å². The molecule has 0 radical (unpaired) electrons. The zero-order valence-corrected chi connectivity index (χ0v) is 16.6. The van der Waals surface area contributed by atoms with E-state index in [-0.39, 0.29) is 10.8 Å². The quantitative estimate of drug-likeness (QED) is 0.563. The Bertz CT molecular complexity index is 995. The van der Waals surface area contributed by atoms with Gasteiger partial charge in [-0.15, -0.1) is 11.3 Å². The highest BCUT2D eigenvalue weighted by atomic mass is 32.2. The second-order valence-electron chi connectivity index (χ2n) is 6.00. The summed E-state index contributed by atoms with van der Waals surface area (Å²) in [5.41, 5.74) is 1.56. The number of rotatable bonds is 8. The molecule has 0 fully saturated rings. The minimum Gasteiger partial charge on any atom is -0.326 e. The van der Waals surface area contributed by atoms with E-state index in [9.17, 15) is 13.2 Å². The number of thiazole rings is 1. The number of nitrogens with one attached hydrogen (secondary N) is 2. The third-order valence-electron chi connectivity index (χ3n) is 3.97. The molecule has 6 nitrogen and oxygen atoms in total. The SMILES string of the molecule is CCC(=O)Nc1ccc(S(=O)(=O)NCCCc2nc3ccccc3s2)cc1. The molecular weight excluding hydrogens is 382 g/mol. The van der Waals surface area contributed by atoms with Crippen LogP contribution in [0, 0.1) is 0 Å². The molecule has 2 N–H and O–H groups in total. The van der Waals surface area contributed by atoms with Gasteiger partial charge in [-0.1, -0.05) is 19.1 Å². The first-order chi connectivity index (χ1) is 13.0. The Hall–Kier alpha value is -2.29. The maximum atomic E-state index is 12.4. The van der Waals surface area contributed by atoms with E-state index in [1.807, 2.05) is 24.3 Å². The summed E-state index contributed by atoms with van der Waals surface area (Å²) in [4.78, 5) is 16.1. The van der Waals surface area contributed by atoms with Crippen LogP contribution in [0.5, 0.6) is 0 Å². The molecule has 0 saturated heterocycles. The Morgan fingerprint density at radius 3 is 2.56 bits per heavy atom. The Kier molecular flexibility index (Phi) is 6.20. The molecule has 2 aromatic carbocycles. The Morgan fingerprint density at radius 2 is 1.85 bits per heavy atom. The minimum atomic E-state index is -3.57. The van der Waals surface area contributed by atoms with Gasteiger partial charge in [-0.25, -0.2) is 18.1 Å². The first kappa shape index (κ1) is 19.5. The maximum absolute atomic E-state index is 12.4. The number of aromatic nitrogens is 1. The lowest BCUT2D eigenvalue weighted by Gasteiger charge is -2.08. The summed E-state index contributed by atoms with van der Waals surface area (Å²) in [6.07, 6.45) is 1.77. The van der Waals surface area contributed by atoms with Gasteiger partial charge in [0.2, 0.25) is 15.9 Å². The van der Waals surface area contributed by atoms with E-state index in [1.165, 1.54) is 12.1 Å². The molecular formula is C19H21N3O3S2. The van der Waals surface area contributed by atoms with Crippen LogP contribution in [0.4, 0.5) is 5.69 Å². The van der Waals surface area contributed by atoms with Crippen molar-refractivity contribution in [3.8, 4) is 0 Å². The fourth-order valence-electron chi connectivity index (χ4n) is 2.52. The highest BCUT2D eigenvalue weighted by molar-refractivity contribution is 7.89. The third-order valence-corrected chi connectivity index (χ3v) is 6.54. The molecule has 0 aliphatic heterocycles. The molecule has 27 heavy (non-hydrogen) atoms. The topological polar surface area (TPSA) is 88.2 Å². The summed E-state index contributed by atoms with van der Waals surface area (Å²) < 4.78 is 28.5. The predicted octanol–water partition coefficient (Wildman–Crippen LogP) is 3.56. The zero-order chi connectivity index (χ0) is 19.3. The van der Waals surface area contributed by atoms with Crippen molar-refractivity contribution in [2.24, 2.45) is 0 Å². The number of aryl methyl sites for hydroxylation is 1. The Balaban J connectivity index is 1.52. The second-order valence-corrected chi connectivity index (χ2v) is 8.88. The number of carbonyl (C=O) groups excluding carboxylic acids is 1. The highest BCUT2D eigenvalue weighted by Gasteiger charge is 2.13. The molecule has 3 aromatic rings. The van der Waals surface area contributed by atoms with Gasteiger partial charge in [0.25, 0.3) is 0 Å². The van der Waals surface area contributed by atoms with Crippen molar-refractivity contribution in [1.82, 2.24) is 9.71 Å². The van der Waals surface area contributed by atoms with Gasteiger partial charge >= 0.3 is 0 Å². The number of hydrogen-bond donors (Lipinski definition) is 2. The van der Waals surface area contributed by atoms with Crippen molar-refractivity contribution < 1.29 is 13.2 Å². The largest absolute Gasteiger partial charge is 0.326 e. The minimum absolute atomic E-state index is 0.112. The van der Waals surface area contributed by atoms with Crippen LogP contribution in [0.1, 0.15) is 24.8 Å². The summed E-state index contributed by atoms with van der Waals surface area (Å²) in [5, 5.41) is 3.70. The lowest BCUT2D eigenvalue weighted by Crippen LogP contribution is -2.25. The van der Waals surface area contributed by atoms with Gasteiger partial charge in [-0.05, 0) is 42.8 Å². The van der Waals surface area contributed by atoms with E-state index in [1.54, 1.807) is 30.4 Å². The number of nitrogens with zero attached hydrogens (tertiary/aromatic N) is 1. The number of carbonyl (C=O) groups is 1. The molecule has 3 rings (SSSR count). The van der Waals surface area contributed by atoms with E-state index in [2.05, 4.69) is 15.0 Å². The summed E-state index contributed by atoms with van der Waals surface area (Å²) >= 11 is 1.64. The van der Waals surface area contributed by atoms with Crippen molar-refractivity contribution in [2.45, 2.75) is 31.1 Å². The average Bonchev–Trinajstić information content (AvgIpc) is 3.08. The van der Waals surface area contributed by atoms with Crippen molar-refractivity contribution in [1.29, 1.82) is 0 Å². The zero-order valence-electron chi connectivity index (χ0n) is 14.9. The highest BCUT2D eigenvalue weighted by Crippen LogP contribution is 2.22. The van der Waals surface area contributed by atoms with Gasteiger partial charge in [0, 0.05) is 25.1 Å². The van der Waals surface area contributed by atoms with Gasteiger partial charge < -0.3 is 5.32 Å². The molecule has 1 amide bonds. The molecule has 0 saturated carbocycles.